The molecular weight excluding hydrogens is 236 g/mol. The summed E-state index contributed by atoms with van der Waals surface area (Å²) in [4.78, 5) is 0. The van der Waals surface area contributed by atoms with Crippen LogP contribution in [0.1, 0.15) is 38.5 Å². The fourth-order valence-corrected chi connectivity index (χ4v) is 4.86. The average Bonchev–Trinajstić information content (AvgIpc) is 2.98. The Morgan fingerprint density at radius 2 is 1.73 bits per heavy atom. The van der Waals surface area contributed by atoms with Gasteiger partial charge in [0.05, 0.1) is 10.9 Å². The molecule has 0 radical (unpaired) electrons. The van der Waals surface area contributed by atoms with Crippen molar-refractivity contribution in [1.29, 1.82) is 0 Å². The molecule has 0 atom stereocenters. The molecule has 0 spiro atoms. The maximum Gasteiger partial charge on any atom is 0.238 e. The molecule has 0 N–H and O–H groups in total. The van der Waals surface area contributed by atoms with Crippen molar-refractivity contribution in [2.45, 2.75) is 49.4 Å². The first kappa shape index (κ1) is 11.7. The van der Waals surface area contributed by atoms with Crippen molar-refractivity contribution in [2.24, 2.45) is 5.92 Å². The molecule has 2 rings (SSSR count). The van der Waals surface area contributed by atoms with E-state index in [1.54, 1.807) is 7.11 Å². The van der Waals surface area contributed by atoms with Gasteiger partial charge in [-0.05, 0) is 44.4 Å². The third kappa shape index (κ3) is 2.04. The third-order valence-corrected chi connectivity index (χ3v) is 6.61. The predicted octanol–water partition coefficient (Wildman–Crippen LogP) is 2.29. The van der Waals surface area contributed by atoms with Gasteiger partial charge in [-0.2, -0.15) is 0 Å². The van der Waals surface area contributed by atoms with Gasteiger partial charge in [0.2, 0.25) is 9.05 Å². The van der Waals surface area contributed by atoms with Gasteiger partial charge in [0.1, 0.15) is 0 Å². The third-order valence-electron chi connectivity index (χ3n) is 3.98. The van der Waals surface area contributed by atoms with Crippen LogP contribution in [-0.4, -0.2) is 26.4 Å². The number of halogens is 1. The number of methoxy groups -OCH3 is 1. The topological polar surface area (TPSA) is 43.4 Å². The average molecular weight is 253 g/mol. The Bertz CT molecular complexity index is 327. The molecule has 88 valence electrons. The molecule has 3 nitrogen and oxygen atoms in total. The first-order valence-corrected chi connectivity index (χ1v) is 7.77. The molecular formula is C10H17ClO3S. The van der Waals surface area contributed by atoms with Gasteiger partial charge in [-0.1, -0.05) is 0 Å². The van der Waals surface area contributed by atoms with Gasteiger partial charge in [-0.25, -0.2) is 8.42 Å². The van der Waals surface area contributed by atoms with Crippen molar-refractivity contribution in [2.75, 3.05) is 7.11 Å². The maximum atomic E-state index is 11.5. The summed E-state index contributed by atoms with van der Waals surface area (Å²) in [6.07, 6.45) is 5.62. The molecule has 0 bridgehead atoms. The van der Waals surface area contributed by atoms with E-state index in [9.17, 15) is 8.42 Å². The molecule has 0 amide bonds. The normalized spacial score (nSPS) is 35.1. The Labute approximate surface area is 95.6 Å². The van der Waals surface area contributed by atoms with E-state index in [2.05, 4.69) is 0 Å². The predicted molar refractivity (Wildman–Crippen MR) is 59.5 cm³/mol. The highest BCUT2D eigenvalue weighted by molar-refractivity contribution is 8.15. The van der Waals surface area contributed by atoms with Crippen molar-refractivity contribution in [1.82, 2.24) is 0 Å². The highest BCUT2D eigenvalue weighted by Gasteiger charge is 2.59. The molecule has 15 heavy (non-hydrogen) atoms. The molecule has 0 saturated heterocycles. The van der Waals surface area contributed by atoms with E-state index in [4.69, 9.17) is 15.4 Å². The second-order valence-electron chi connectivity index (χ2n) is 4.71. The summed E-state index contributed by atoms with van der Waals surface area (Å²) in [6.45, 7) is 0. The lowest BCUT2D eigenvalue weighted by Gasteiger charge is -2.31. The summed E-state index contributed by atoms with van der Waals surface area (Å²) in [5.74, 6) is 0.256. The summed E-state index contributed by atoms with van der Waals surface area (Å²) in [5.41, 5.74) is 0. The van der Waals surface area contributed by atoms with Crippen LogP contribution in [0.25, 0.3) is 0 Å². The van der Waals surface area contributed by atoms with Crippen LogP contribution in [0.2, 0.25) is 0 Å². The van der Waals surface area contributed by atoms with Crippen LogP contribution in [0.15, 0.2) is 0 Å². The molecule has 0 aliphatic heterocycles. The van der Waals surface area contributed by atoms with Crippen molar-refractivity contribution in [3.05, 3.63) is 0 Å². The van der Waals surface area contributed by atoms with E-state index in [0.717, 1.165) is 38.5 Å². The lowest BCUT2D eigenvalue weighted by molar-refractivity contribution is 0.0551. The minimum Gasteiger partial charge on any atom is -0.381 e. The lowest BCUT2D eigenvalue weighted by atomic mass is 9.84. The number of ether oxygens (including phenoxy) is 1. The molecule has 5 heteroatoms. The number of rotatable bonds is 3. The van der Waals surface area contributed by atoms with Gasteiger partial charge < -0.3 is 4.74 Å². The van der Waals surface area contributed by atoms with Crippen molar-refractivity contribution in [3.63, 3.8) is 0 Å². The SMILES string of the molecule is COC1CCC(C2(S(=O)(=O)Cl)CC2)CC1. The van der Waals surface area contributed by atoms with Crippen LogP contribution in [0.4, 0.5) is 0 Å². The first-order chi connectivity index (χ1) is 6.99. The molecule has 0 heterocycles. The van der Waals surface area contributed by atoms with Crippen LogP contribution in [0.5, 0.6) is 0 Å². The van der Waals surface area contributed by atoms with Gasteiger partial charge in [-0.3, -0.25) is 0 Å². The van der Waals surface area contributed by atoms with Crippen molar-refractivity contribution in [3.8, 4) is 0 Å². The van der Waals surface area contributed by atoms with E-state index in [1.165, 1.54) is 0 Å². The molecule has 2 aliphatic carbocycles. The first-order valence-electron chi connectivity index (χ1n) is 5.46. The van der Waals surface area contributed by atoms with Gasteiger partial charge >= 0.3 is 0 Å². The van der Waals surface area contributed by atoms with E-state index < -0.39 is 13.8 Å². The highest BCUT2D eigenvalue weighted by Crippen LogP contribution is 2.55. The van der Waals surface area contributed by atoms with E-state index in [0.29, 0.717) is 6.10 Å². The fraction of sp³-hybridized carbons (Fsp3) is 1.00. The minimum atomic E-state index is -3.38. The van der Waals surface area contributed by atoms with E-state index >= 15 is 0 Å². The highest BCUT2D eigenvalue weighted by atomic mass is 35.7. The Morgan fingerprint density at radius 3 is 2.07 bits per heavy atom. The molecule has 2 aliphatic rings. The largest absolute Gasteiger partial charge is 0.381 e. The second-order valence-corrected chi connectivity index (χ2v) is 7.62. The maximum absolute atomic E-state index is 11.5. The van der Waals surface area contributed by atoms with Crippen LogP contribution in [0.3, 0.4) is 0 Å². The van der Waals surface area contributed by atoms with Crippen LogP contribution in [0, 0.1) is 5.92 Å². The Kier molecular flexibility index (Phi) is 3.03. The van der Waals surface area contributed by atoms with Crippen molar-refractivity contribution >= 4 is 19.7 Å². The molecule has 2 saturated carbocycles. The van der Waals surface area contributed by atoms with E-state index in [-0.39, 0.29) is 5.92 Å². The van der Waals surface area contributed by atoms with E-state index in [1.807, 2.05) is 0 Å². The quantitative estimate of drug-likeness (QED) is 0.724. The standard InChI is InChI=1S/C10H17ClO3S/c1-14-9-4-2-8(3-5-9)10(6-7-10)15(11,12)13/h8-9H,2-7H2,1H3. The monoisotopic (exact) mass is 252 g/mol. The minimum absolute atomic E-state index is 0.256. The number of hydrogen-bond donors (Lipinski definition) is 0. The Morgan fingerprint density at radius 1 is 1.20 bits per heavy atom. The Balaban J connectivity index is 2.02. The fourth-order valence-electron chi connectivity index (χ4n) is 2.80. The summed E-state index contributed by atoms with van der Waals surface area (Å²) in [7, 11) is 3.87. The zero-order valence-electron chi connectivity index (χ0n) is 8.91. The lowest BCUT2D eigenvalue weighted by Crippen LogP contribution is -2.33. The molecule has 0 aromatic heterocycles. The van der Waals surface area contributed by atoms with Crippen LogP contribution >= 0.6 is 10.7 Å². The molecule has 0 aromatic carbocycles. The number of hydrogen-bond acceptors (Lipinski definition) is 3. The van der Waals surface area contributed by atoms with Gasteiger partial charge in [-0.15, -0.1) is 0 Å². The van der Waals surface area contributed by atoms with Crippen LogP contribution in [-0.2, 0) is 13.8 Å². The van der Waals surface area contributed by atoms with Gasteiger partial charge in [0.25, 0.3) is 0 Å². The van der Waals surface area contributed by atoms with Gasteiger partial charge in [0, 0.05) is 17.8 Å². The molecule has 0 aromatic rings. The smallest absolute Gasteiger partial charge is 0.238 e. The summed E-state index contributed by atoms with van der Waals surface area (Å²) in [6, 6.07) is 0. The summed E-state index contributed by atoms with van der Waals surface area (Å²) >= 11 is 0. The molecule has 2 fully saturated rings. The zero-order valence-corrected chi connectivity index (χ0v) is 10.5. The summed E-state index contributed by atoms with van der Waals surface area (Å²) < 4.78 is 27.7. The second kappa shape index (κ2) is 3.90. The molecule has 0 unspecified atom stereocenters. The van der Waals surface area contributed by atoms with Crippen molar-refractivity contribution < 1.29 is 13.2 Å². The van der Waals surface area contributed by atoms with Crippen LogP contribution < -0.4 is 0 Å². The zero-order chi connectivity index (χ0) is 11.1. The summed E-state index contributed by atoms with van der Waals surface area (Å²) in [5, 5.41) is 0. The van der Waals surface area contributed by atoms with Gasteiger partial charge in [0.15, 0.2) is 0 Å². The Hall–Kier alpha value is 0.200.